The molecule has 1 saturated heterocycles. The Morgan fingerprint density at radius 2 is 2.11 bits per heavy atom. The molecule has 1 aromatic carbocycles. The van der Waals surface area contributed by atoms with Crippen LogP contribution in [0.5, 0.6) is 5.75 Å². The van der Waals surface area contributed by atoms with Gasteiger partial charge < -0.3 is 9.64 Å². The molecular formula is C15H20N2O. The van der Waals surface area contributed by atoms with Crippen molar-refractivity contribution in [1.82, 2.24) is 0 Å². The number of para-hydroxylation sites is 2. The monoisotopic (exact) mass is 244 g/mol. The van der Waals surface area contributed by atoms with E-state index in [9.17, 15) is 0 Å². The van der Waals surface area contributed by atoms with Gasteiger partial charge in [-0.1, -0.05) is 12.1 Å². The maximum Gasteiger partial charge on any atom is 0.142 e. The molecule has 0 bridgehead atoms. The van der Waals surface area contributed by atoms with E-state index < -0.39 is 0 Å². The second-order valence-corrected chi connectivity index (χ2v) is 5.09. The van der Waals surface area contributed by atoms with E-state index in [0.29, 0.717) is 0 Å². The molecule has 1 aliphatic heterocycles. The largest absolute Gasteiger partial charge is 0.489 e. The second kappa shape index (κ2) is 5.30. The molecule has 2 atom stereocenters. The molecule has 0 spiro atoms. The highest BCUT2D eigenvalue weighted by molar-refractivity contribution is 5.60. The van der Waals surface area contributed by atoms with Crippen molar-refractivity contribution in [1.29, 1.82) is 5.26 Å². The number of benzene rings is 1. The minimum atomic E-state index is 0.122. The molecule has 18 heavy (non-hydrogen) atoms. The minimum absolute atomic E-state index is 0.122. The van der Waals surface area contributed by atoms with Gasteiger partial charge in [-0.3, -0.25) is 0 Å². The molecule has 2 unspecified atom stereocenters. The lowest BCUT2D eigenvalue weighted by molar-refractivity contribution is 0.242. The first-order valence-electron chi connectivity index (χ1n) is 6.55. The zero-order valence-corrected chi connectivity index (χ0v) is 11.3. The standard InChI is InChI=1S/C15H20N2O/c1-11(2)18-15-7-5-4-6-14(15)17-9-8-13(10-16)12(17)3/h4-7,11-13H,8-9H2,1-3H3. The van der Waals surface area contributed by atoms with Gasteiger partial charge in [-0.25, -0.2) is 0 Å². The smallest absolute Gasteiger partial charge is 0.142 e. The van der Waals surface area contributed by atoms with Crippen molar-refractivity contribution >= 4 is 5.69 Å². The Hall–Kier alpha value is -1.69. The molecule has 1 aromatic rings. The van der Waals surface area contributed by atoms with Crippen molar-refractivity contribution in [2.45, 2.75) is 39.3 Å². The third-order valence-corrected chi connectivity index (χ3v) is 3.46. The van der Waals surface area contributed by atoms with Gasteiger partial charge in [0.1, 0.15) is 5.75 Å². The van der Waals surface area contributed by atoms with Crippen LogP contribution in [0.25, 0.3) is 0 Å². The number of ether oxygens (including phenoxy) is 1. The molecule has 3 heteroatoms. The third kappa shape index (κ3) is 2.43. The van der Waals surface area contributed by atoms with Gasteiger partial charge in [-0.15, -0.1) is 0 Å². The Balaban J connectivity index is 2.26. The van der Waals surface area contributed by atoms with Crippen LogP contribution in [0, 0.1) is 17.2 Å². The SMILES string of the molecule is CC(C)Oc1ccccc1N1CCC(C#N)C1C. The normalized spacial score (nSPS) is 23.2. The van der Waals surface area contributed by atoms with Crippen LogP contribution < -0.4 is 9.64 Å². The number of rotatable bonds is 3. The highest BCUT2D eigenvalue weighted by Crippen LogP contribution is 2.35. The molecule has 0 N–H and O–H groups in total. The molecule has 0 saturated carbocycles. The number of anilines is 1. The fourth-order valence-corrected chi connectivity index (χ4v) is 2.50. The molecule has 0 aliphatic carbocycles. The summed E-state index contributed by atoms with van der Waals surface area (Å²) in [5.74, 6) is 1.04. The van der Waals surface area contributed by atoms with E-state index in [0.717, 1.165) is 24.4 Å². The van der Waals surface area contributed by atoms with Gasteiger partial charge in [0.2, 0.25) is 0 Å². The molecule has 1 heterocycles. The first kappa shape index (κ1) is 12.8. The molecule has 96 valence electrons. The van der Waals surface area contributed by atoms with Gasteiger partial charge in [0.25, 0.3) is 0 Å². The quantitative estimate of drug-likeness (QED) is 0.819. The summed E-state index contributed by atoms with van der Waals surface area (Å²) in [5.41, 5.74) is 1.11. The Morgan fingerprint density at radius 3 is 2.72 bits per heavy atom. The average molecular weight is 244 g/mol. The van der Waals surface area contributed by atoms with Crippen molar-refractivity contribution in [3.05, 3.63) is 24.3 Å². The highest BCUT2D eigenvalue weighted by Gasteiger charge is 2.32. The summed E-state index contributed by atoms with van der Waals surface area (Å²) >= 11 is 0. The van der Waals surface area contributed by atoms with Gasteiger partial charge in [0.05, 0.1) is 23.8 Å². The van der Waals surface area contributed by atoms with Crippen LogP contribution in [0.2, 0.25) is 0 Å². The van der Waals surface area contributed by atoms with Gasteiger partial charge in [-0.2, -0.15) is 5.26 Å². The summed E-state index contributed by atoms with van der Waals surface area (Å²) in [5, 5.41) is 9.11. The zero-order valence-electron chi connectivity index (χ0n) is 11.3. The predicted octanol–water partition coefficient (Wildman–Crippen LogP) is 3.21. The zero-order chi connectivity index (χ0) is 13.1. The summed E-state index contributed by atoms with van der Waals surface area (Å²) < 4.78 is 5.85. The van der Waals surface area contributed by atoms with Gasteiger partial charge in [-0.05, 0) is 39.3 Å². The molecule has 0 radical (unpaired) electrons. The summed E-state index contributed by atoms with van der Waals surface area (Å²) in [6, 6.07) is 10.7. The van der Waals surface area contributed by atoms with Gasteiger partial charge >= 0.3 is 0 Å². The van der Waals surface area contributed by atoms with Crippen molar-refractivity contribution in [3.8, 4) is 11.8 Å². The van der Waals surface area contributed by atoms with Crippen LogP contribution in [0.15, 0.2) is 24.3 Å². The Labute approximate surface area is 109 Å². The lowest BCUT2D eigenvalue weighted by Crippen LogP contribution is -2.30. The Kier molecular flexibility index (Phi) is 3.76. The summed E-state index contributed by atoms with van der Waals surface area (Å²) in [6.07, 6.45) is 1.10. The fraction of sp³-hybridized carbons (Fsp3) is 0.533. The lowest BCUT2D eigenvalue weighted by Gasteiger charge is -2.27. The van der Waals surface area contributed by atoms with Crippen LogP contribution in [-0.2, 0) is 0 Å². The van der Waals surface area contributed by atoms with Crippen LogP contribution in [-0.4, -0.2) is 18.7 Å². The topological polar surface area (TPSA) is 36.3 Å². The number of hydrogen-bond acceptors (Lipinski definition) is 3. The van der Waals surface area contributed by atoms with E-state index in [1.165, 1.54) is 0 Å². The number of hydrogen-bond donors (Lipinski definition) is 0. The number of nitrogens with zero attached hydrogens (tertiary/aromatic N) is 2. The first-order valence-corrected chi connectivity index (χ1v) is 6.55. The van der Waals surface area contributed by atoms with Crippen molar-refractivity contribution in [3.63, 3.8) is 0 Å². The Bertz CT molecular complexity index is 450. The van der Waals surface area contributed by atoms with Crippen LogP contribution in [0.3, 0.4) is 0 Å². The molecule has 0 amide bonds. The molecule has 0 aromatic heterocycles. The van der Waals surface area contributed by atoms with Crippen LogP contribution in [0.4, 0.5) is 5.69 Å². The van der Waals surface area contributed by atoms with Crippen molar-refractivity contribution < 1.29 is 4.74 Å². The summed E-state index contributed by atoms with van der Waals surface area (Å²) in [4.78, 5) is 2.28. The fourth-order valence-electron chi connectivity index (χ4n) is 2.50. The molecule has 1 fully saturated rings. The number of nitriles is 1. The highest BCUT2D eigenvalue weighted by atomic mass is 16.5. The van der Waals surface area contributed by atoms with E-state index in [2.05, 4.69) is 24.0 Å². The summed E-state index contributed by atoms with van der Waals surface area (Å²) in [7, 11) is 0. The molecule has 3 nitrogen and oxygen atoms in total. The third-order valence-electron chi connectivity index (χ3n) is 3.46. The second-order valence-electron chi connectivity index (χ2n) is 5.09. The molecular weight excluding hydrogens is 224 g/mol. The molecule has 1 aliphatic rings. The molecule has 2 rings (SSSR count). The van der Waals surface area contributed by atoms with Crippen molar-refractivity contribution in [2.24, 2.45) is 5.92 Å². The average Bonchev–Trinajstić information content (AvgIpc) is 2.70. The van der Waals surface area contributed by atoms with Crippen LogP contribution in [0.1, 0.15) is 27.2 Å². The predicted molar refractivity (Wildman–Crippen MR) is 72.7 cm³/mol. The van der Waals surface area contributed by atoms with Gasteiger partial charge in [0.15, 0.2) is 0 Å². The van der Waals surface area contributed by atoms with Gasteiger partial charge in [0, 0.05) is 12.6 Å². The van der Waals surface area contributed by atoms with E-state index in [1.54, 1.807) is 0 Å². The van der Waals surface area contributed by atoms with E-state index in [1.807, 2.05) is 32.0 Å². The Morgan fingerprint density at radius 1 is 1.39 bits per heavy atom. The maximum atomic E-state index is 9.11. The summed E-state index contributed by atoms with van der Waals surface area (Å²) in [6.45, 7) is 7.11. The maximum absolute atomic E-state index is 9.11. The van der Waals surface area contributed by atoms with E-state index >= 15 is 0 Å². The van der Waals surface area contributed by atoms with Crippen molar-refractivity contribution in [2.75, 3.05) is 11.4 Å². The first-order chi connectivity index (χ1) is 8.63. The lowest BCUT2D eigenvalue weighted by atomic mass is 10.0. The van der Waals surface area contributed by atoms with E-state index in [-0.39, 0.29) is 18.1 Å². The van der Waals surface area contributed by atoms with E-state index in [4.69, 9.17) is 10.00 Å². The minimum Gasteiger partial charge on any atom is -0.489 e. The van der Waals surface area contributed by atoms with Crippen LogP contribution >= 0.6 is 0 Å².